The fourth-order valence-electron chi connectivity index (χ4n) is 0.241. The molecule has 0 fully saturated rings. The molecule has 0 unspecified atom stereocenters. The molecule has 0 aliphatic carbocycles. The maximum atomic E-state index is 9.48. The molecule has 0 N–H and O–H groups in total. The molecule has 1 radical (unpaired) electrons. The smallest absolute Gasteiger partial charge is 0.240 e. The summed E-state index contributed by atoms with van der Waals surface area (Å²) in [6, 6.07) is 0. The summed E-state index contributed by atoms with van der Waals surface area (Å²) in [5, 5.41) is 46.2. The third kappa shape index (κ3) is 36.0. The number of aldehydes is 5. The Balaban J connectivity index is -0.0000000776. The Morgan fingerprint density at radius 1 is 0.306 bits per heavy atom. The van der Waals surface area contributed by atoms with Crippen molar-refractivity contribution in [2.24, 2.45) is 0 Å². The largest absolute Gasteiger partial charge is 0.541 e. The van der Waals surface area contributed by atoms with Gasteiger partial charge in [0, 0.05) is 18.6 Å². The van der Waals surface area contributed by atoms with E-state index in [1.165, 1.54) is 0 Å². The van der Waals surface area contributed by atoms with E-state index >= 15 is 0 Å². The second-order valence-electron chi connectivity index (χ2n) is 3.85. The van der Waals surface area contributed by atoms with Gasteiger partial charge in [0.15, 0.2) is 31.4 Å². The van der Waals surface area contributed by atoms with Crippen molar-refractivity contribution in [1.82, 2.24) is 0 Å². The number of carbonyl (C=O) groups is 15. The maximum Gasteiger partial charge on any atom is 0.240 e. The number of hydrogen-bond acceptors (Lipinski definition) is 20. The summed E-state index contributed by atoms with van der Waals surface area (Å²) >= 11 is 0. The average Bonchev–Trinajstić information content (AvgIpc) is 2.82. The van der Waals surface area contributed by atoms with Crippen LogP contribution in [-0.2, 0) is 90.5 Å². The Morgan fingerprint density at radius 2 is 0.389 bits per heavy atom. The number of carboxylic acid groups (broad SMARTS) is 5. The molecule has 0 rings (SSSR count). The molecule has 20 nitrogen and oxygen atoms in total. The van der Waals surface area contributed by atoms with Crippen molar-refractivity contribution in [3.05, 3.63) is 0 Å². The van der Waals surface area contributed by atoms with Crippen LogP contribution >= 0.6 is 0 Å². The molecule has 0 atom stereocenters. The molecular weight excluding hydrogens is 551 g/mol. The first-order valence-corrected chi connectivity index (χ1v) is 6.93. The topological polar surface area (TPSA) is 371 Å². The number of hydrogen-bond donors (Lipinski definition) is 0. The fraction of sp³-hybridized carbons (Fsp3) is 0. The Labute approximate surface area is 206 Å². The van der Waals surface area contributed by atoms with Gasteiger partial charge in [-0.25, -0.2) is 0 Å². The predicted octanol–water partition coefficient (Wildman–Crippen LogP) is -12.5. The van der Waals surface area contributed by atoms with E-state index in [1.807, 2.05) is 0 Å². The average molecular weight is 556 g/mol. The summed E-state index contributed by atoms with van der Waals surface area (Å²) in [4.78, 5) is 139. The number of rotatable bonds is 10. The van der Waals surface area contributed by atoms with Crippen LogP contribution < -0.4 is 25.5 Å². The van der Waals surface area contributed by atoms with Gasteiger partial charge in [-0.1, -0.05) is 0 Å². The quantitative estimate of drug-likeness (QED) is 0.137. The van der Waals surface area contributed by atoms with Gasteiger partial charge in [-0.3, -0.25) is 47.9 Å². The van der Waals surface area contributed by atoms with Crippen molar-refractivity contribution in [3.8, 4) is 0 Å². The van der Waals surface area contributed by atoms with E-state index in [1.54, 1.807) is 0 Å². The molecule has 0 aliphatic rings. The van der Waals surface area contributed by atoms with E-state index in [0.29, 0.717) is 0 Å². The van der Waals surface area contributed by atoms with Gasteiger partial charge in [-0.2, -0.15) is 0 Å². The van der Waals surface area contributed by atoms with Crippen LogP contribution in [0.1, 0.15) is 0 Å². The third-order valence-electron chi connectivity index (χ3n) is 1.54. The first kappa shape index (κ1) is 44.3. The summed E-state index contributed by atoms with van der Waals surface area (Å²) in [6.07, 6.45) is -1.55. The van der Waals surface area contributed by atoms with Gasteiger partial charge in [-0.05, 0) is 0 Å². The molecule has 0 saturated heterocycles. The van der Waals surface area contributed by atoms with Crippen molar-refractivity contribution >= 4 is 90.2 Å². The Kier molecular flexibility index (Phi) is 34.1. The molecule has 0 aliphatic heterocycles. The molecular formula is C15H5O20V-5. The molecule has 0 heterocycles. The van der Waals surface area contributed by atoms with Crippen LogP contribution in [0.5, 0.6) is 0 Å². The molecule has 195 valence electrons. The monoisotopic (exact) mass is 556 g/mol. The minimum absolute atomic E-state index is 0. The Morgan fingerprint density at radius 3 is 0.389 bits per heavy atom. The zero-order chi connectivity index (χ0) is 29.3. The number of carbonyl (C=O) groups excluding carboxylic acids is 15. The molecule has 0 amide bonds. The predicted molar refractivity (Wildman–Crippen MR) is 80.4 cm³/mol. The van der Waals surface area contributed by atoms with Gasteiger partial charge < -0.3 is 49.5 Å². The van der Waals surface area contributed by atoms with Gasteiger partial charge in [0.25, 0.3) is 0 Å². The van der Waals surface area contributed by atoms with Gasteiger partial charge in [0.2, 0.25) is 28.9 Å². The maximum absolute atomic E-state index is 9.48. The van der Waals surface area contributed by atoms with Crippen molar-refractivity contribution in [2.75, 3.05) is 0 Å². The summed E-state index contributed by atoms with van der Waals surface area (Å²) in [7, 11) is 0. The molecule has 0 saturated carbocycles. The van der Waals surface area contributed by atoms with Gasteiger partial charge >= 0.3 is 0 Å². The number of Topliss-reactive ketones (excluding diaryl/α,β-unsaturated/α-hetero) is 5. The Bertz CT molecular complexity index is 751. The van der Waals surface area contributed by atoms with E-state index in [-0.39, 0.29) is 50.0 Å². The number of aliphatic carboxylic acids is 5. The fourth-order valence-corrected chi connectivity index (χ4v) is 0.241. The molecule has 36 heavy (non-hydrogen) atoms. The van der Waals surface area contributed by atoms with Crippen LogP contribution in [0.15, 0.2) is 0 Å². The van der Waals surface area contributed by atoms with Crippen molar-refractivity contribution in [1.29, 1.82) is 0 Å². The van der Waals surface area contributed by atoms with Crippen molar-refractivity contribution < 1.29 is 116 Å². The van der Waals surface area contributed by atoms with E-state index in [2.05, 4.69) is 0 Å². The van der Waals surface area contributed by atoms with E-state index in [9.17, 15) is 97.5 Å². The van der Waals surface area contributed by atoms with E-state index in [0.717, 1.165) is 0 Å². The minimum Gasteiger partial charge on any atom is -0.541 e. The second-order valence-corrected chi connectivity index (χ2v) is 3.85. The van der Waals surface area contributed by atoms with Crippen LogP contribution in [0.25, 0.3) is 0 Å². The summed E-state index contributed by atoms with van der Waals surface area (Å²) < 4.78 is 0. The minimum atomic E-state index is -1.96. The van der Waals surface area contributed by atoms with E-state index in [4.69, 9.17) is 0 Å². The molecule has 0 spiro atoms. The second kappa shape index (κ2) is 27.7. The van der Waals surface area contributed by atoms with Crippen LogP contribution in [-0.4, -0.2) is 90.2 Å². The number of ketones is 5. The summed E-state index contributed by atoms with van der Waals surface area (Å²) in [6.45, 7) is 0. The summed E-state index contributed by atoms with van der Waals surface area (Å²) in [5.74, 6) is -17.5. The van der Waals surface area contributed by atoms with Crippen molar-refractivity contribution in [3.63, 3.8) is 0 Å². The molecule has 0 aromatic rings. The molecule has 0 aromatic carbocycles. The zero-order valence-electron chi connectivity index (χ0n) is 16.5. The van der Waals surface area contributed by atoms with E-state index < -0.39 is 58.8 Å². The summed E-state index contributed by atoms with van der Waals surface area (Å²) in [5.41, 5.74) is 0. The standard InChI is InChI=1S/5C3H2O4.V/c5*4-1-2(5)3(6)7;/h5*1H,(H,6,7);/p-5. The normalized spacial score (nSPS) is 7.22. The van der Waals surface area contributed by atoms with Crippen molar-refractivity contribution in [2.45, 2.75) is 0 Å². The van der Waals surface area contributed by atoms with Gasteiger partial charge in [-0.15, -0.1) is 0 Å². The van der Waals surface area contributed by atoms with Gasteiger partial charge in [0.1, 0.15) is 29.8 Å². The zero-order valence-corrected chi connectivity index (χ0v) is 17.9. The van der Waals surface area contributed by atoms with Crippen LogP contribution in [0.2, 0.25) is 0 Å². The van der Waals surface area contributed by atoms with Crippen LogP contribution in [0.3, 0.4) is 0 Å². The molecule has 21 heteroatoms. The number of carboxylic acids is 5. The first-order valence-electron chi connectivity index (χ1n) is 6.93. The van der Waals surface area contributed by atoms with Gasteiger partial charge in [0.05, 0.1) is 0 Å². The SMILES string of the molecule is O=CC(=O)C(=O)[O-].O=CC(=O)C(=O)[O-].O=CC(=O)C(=O)[O-].O=CC(=O)C(=O)[O-].O=CC(=O)C(=O)[O-].[V]. The molecule has 0 aromatic heterocycles. The first-order chi connectivity index (χ1) is 15.9. The Hall–Kier alpha value is -5.37. The third-order valence-corrected chi connectivity index (χ3v) is 1.54. The van der Waals surface area contributed by atoms with Crippen LogP contribution in [0, 0.1) is 0 Å². The van der Waals surface area contributed by atoms with Crippen LogP contribution in [0.4, 0.5) is 0 Å². The molecule has 0 bridgehead atoms.